The van der Waals surface area contributed by atoms with Crippen molar-refractivity contribution in [1.29, 1.82) is 5.41 Å². The van der Waals surface area contributed by atoms with Crippen LogP contribution in [0.2, 0.25) is 0 Å². The molecule has 1 aromatic carbocycles. The van der Waals surface area contributed by atoms with Gasteiger partial charge in [0.2, 0.25) is 0 Å². The van der Waals surface area contributed by atoms with Crippen molar-refractivity contribution in [3.63, 3.8) is 0 Å². The second-order valence-electron chi connectivity index (χ2n) is 9.93. The number of esters is 1. The van der Waals surface area contributed by atoms with Crippen LogP contribution in [-0.4, -0.2) is 46.9 Å². The maximum absolute atomic E-state index is 12.1. The lowest BCUT2D eigenvalue weighted by Gasteiger charge is -2.19. The van der Waals surface area contributed by atoms with Crippen molar-refractivity contribution in [3.05, 3.63) is 40.6 Å². The van der Waals surface area contributed by atoms with E-state index in [1.807, 2.05) is 56.7 Å². The molecular weight excluding hydrogens is 531 g/mol. The predicted molar refractivity (Wildman–Crippen MR) is 150 cm³/mol. The van der Waals surface area contributed by atoms with Gasteiger partial charge < -0.3 is 14.2 Å². The summed E-state index contributed by atoms with van der Waals surface area (Å²) in [5.74, 6) is 0.0576. The lowest BCUT2D eigenvalue weighted by molar-refractivity contribution is -0.157. The average molecular weight is 562 g/mol. The van der Waals surface area contributed by atoms with Crippen LogP contribution in [0.4, 0.5) is 4.79 Å². The van der Waals surface area contributed by atoms with Crippen LogP contribution in [0.25, 0.3) is 21.8 Å². The average Bonchev–Trinajstić information content (AvgIpc) is 3.42. The van der Waals surface area contributed by atoms with Gasteiger partial charge in [0.15, 0.2) is 6.61 Å². The summed E-state index contributed by atoms with van der Waals surface area (Å²) in [6.45, 7) is 10.5. The van der Waals surface area contributed by atoms with Crippen molar-refractivity contribution in [2.45, 2.75) is 57.0 Å². The van der Waals surface area contributed by atoms with Gasteiger partial charge >= 0.3 is 12.1 Å². The van der Waals surface area contributed by atoms with Gasteiger partial charge in [-0.25, -0.2) is 14.6 Å². The molecular formula is C26H31N3O5S3. The van der Waals surface area contributed by atoms with E-state index in [4.69, 9.17) is 24.6 Å². The molecule has 2 heterocycles. The Morgan fingerprint density at radius 2 is 1.73 bits per heavy atom. The Morgan fingerprint density at radius 1 is 1.05 bits per heavy atom. The molecule has 198 valence electrons. The molecule has 0 saturated heterocycles. The molecule has 2 N–H and O–H groups in total. The van der Waals surface area contributed by atoms with Crippen LogP contribution >= 0.6 is 34.4 Å². The second-order valence-corrected chi connectivity index (χ2v) is 12.9. The van der Waals surface area contributed by atoms with Gasteiger partial charge in [0.05, 0.1) is 14.8 Å². The Bertz CT molecular complexity index is 1290. The molecule has 0 aliphatic rings. The molecule has 8 nitrogen and oxygen atoms in total. The first-order chi connectivity index (χ1) is 17.3. The van der Waals surface area contributed by atoms with Gasteiger partial charge in [-0.15, -0.1) is 34.4 Å². The number of carbonyl (C=O) groups is 2. The third-order valence-corrected chi connectivity index (χ3v) is 7.58. The van der Waals surface area contributed by atoms with Crippen LogP contribution in [-0.2, 0) is 14.3 Å². The number of ether oxygens (including phenoxy) is 3. The van der Waals surface area contributed by atoms with Crippen molar-refractivity contribution in [2.24, 2.45) is 0 Å². The Morgan fingerprint density at radius 3 is 2.38 bits per heavy atom. The molecule has 37 heavy (non-hydrogen) atoms. The lowest BCUT2D eigenvalue weighted by atomic mass is 10.1. The van der Waals surface area contributed by atoms with Crippen LogP contribution in [0.3, 0.4) is 0 Å². The number of para-hydroxylation sites is 1. The number of hydrogen-bond donors (Lipinski definition) is 2. The molecule has 0 radical (unpaired) electrons. The molecule has 0 saturated carbocycles. The maximum Gasteiger partial charge on any atom is 0.413 e. The van der Waals surface area contributed by atoms with E-state index in [1.54, 1.807) is 38.6 Å². The number of thiazole rings is 1. The van der Waals surface area contributed by atoms with Crippen molar-refractivity contribution < 1.29 is 23.8 Å². The van der Waals surface area contributed by atoms with Crippen LogP contribution in [0.5, 0.6) is 5.75 Å². The van der Waals surface area contributed by atoms with Gasteiger partial charge in [0.1, 0.15) is 27.8 Å². The van der Waals surface area contributed by atoms with Crippen molar-refractivity contribution >= 4 is 52.3 Å². The number of thioether (sulfide) groups is 1. The SMILES string of the molecule is CSc1sc(C(=N)NC(=O)OC(C)(C)C)cc1-c1nc(-c2ccccc2OCC(=O)OC(C)(C)C)cs1. The first-order valence-electron chi connectivity index (χ1n) is 11.4. The summed E-state index contributed by atoms with van der Waals surface area (Å²) in [5, 5.41) is 13.5. The standard InChI is InChI=1S/C26H31N3O5S3/c1-25(2,3)33-20(30)13-32-18-11-9-8-10-15(18)17-14-36-22(28-17)16-12-19(37-23(16)35-7)21(27)29-24(31)34-26(4,5)6/h8-12,14H,13H2,1-7H3,(H2,27,29,31). The van der Waals surface area contributed by atoms with Crippen molar-refractivity contribution in [2.75, 3.05) is 12.9 Å². The third-order valence-electron chi connectivity index (χ3n) is 4.42. The summed E-state index contributed by atoms with van der Waals surface area (Å²) in [6, 6.07) is 9.25. The minimum atomic E-state index is -0.669. The molecule has 2 aromatic heterocycles. The zero-order valence-electron chi connectivity index (χ0n) is 21.9. The van der Waals surface area contributed by atoms with E-state index >= 15 is 0 Å². The summed E-state index contributed by atoms with van der Waals surface area (Å²) >= 11 is 4.42. The van der Waals surface area contributed by atoms with Crippen LogP contribution in [0, 0.1) is 5.41 Å². The molecule has 1 amide bonds. The number of rotatable bonds is 7. The zero-order valence-corrected chi connectivity index (χ0v) is 24.3. The van der Waals surface area contributed by atoms with Crippen LogP contribution in [0.1, 0.15) is 46.4 Å². The van der Waals surface area contributed by atoms with E-state index in [2.05, 4.69) is 5.32 Å². The van der Waals surface area contributed by atoms with E-state index in [0.29, 0.717) is 16.3 Å². The predicted octanol–water partition coefficient (Wildman–Crippen LogP) is 6.83. The van der Waals surface area contributed by atoms with Crippen molar-refractivity contribution in [1.82, 2.24) is 10.3 Å². The Hall–Kier alpha value is -2.89. The quantitative estimate of drug-likeness (QED) is 0.141. The number of nitrogens with one attached hydrogen (secondary N) is 2. The van der Waals surface area contributed by atoms with Crippen molar-refractivity contribution in [3.8, 4) is 27.6 Å². The third kappa shape index (κ3) is 8.31. The number of aromatic nitrogens is 1. The van der Waals surface area contributed by atoms with Gasteiger partial charge in [-0.1, -0.05) is 12.1 Å². The molecule has 11 heteroatoms. The van der Waals surface area contributed by atoms with Gasteiger partial charge in [0.25, 0.3) is 0 Å². The summed E-state index contributed by atoms with van der Waals surface area (Å²) in [4.78, 5) is 29.6. The van der Waals surface area contributed by atoms with Gasteiger partial charge in [-0.05, 0) is 66.0 Å². The molecule has 0 atom stereocenters. The minimum Gasteiger partial charge on any atom is -0.481 e. The van der Waals surface area contributed by atoms with Gasteiger partial charge in [0, 0.05) is 16.5 Å². The number of carbonyl (C=O) groups excluding carboxylic acids is 2. The van der Waals surface area contributed by atoms with E-state index in [1.165, 1.54) is 22.7 Å². The summed E-state index contributed by atoms with van der Waals surface area (Å²) in [7, 11) is 0. The van der Waals surface area contributed by atoms with E-state index in [-0.39, 0.29) is 12.4 Å². The monoisotopic (exact) mass is 561 g/mol. The molecule has 0 aliphatic heterocycles. The zero-order chi connectivity index (χ0) is 27.4. The van der Waals surface area contributed by atoms with Gasteiger partial charge in [-0.3, -0.25) is 10.7 Å². The normalized spacial score (nSPS) is 11.6. The number of amides is 1. The molecule has 0 bridgehead atoms. The number of thiophene rings is 1. The number of benzene rings is 1. The fraction of sp³-hybridized carbons (Fsp3) is 0.385. The summed E-state index contributed by atoms with van der Waals surface area (Å²) in [6.07, 6.45) is 1.29. The van der Waals surface area contributed by atoms with Gasteiger partial charge in [-0.2, -0.15) is 0 Å². The molecule has 0 unspecified atom stereocenters. The molecule has 3 rings (SSSR count). The number of amidine groups is 1. The molecule has 0 aliphatic carbocycles. The highest BCUT2D eigenvalue weighted by atomic mass is 32.2. The van der Waals surface area contributed by atoms with E-state index in [0.717, 1.165) is 20.3 Å². The van der Waals surface area contributed by atoms with E-state index in [9.17, 15) is 9.59 Å². The largest absolute Gasteiger partial charge is 0.481 e. The lowest BCUT2D eigenvalue weighted by Crippen LogP contribution is -2.36. The second kappa shape index (κ2) is 11.7. The summed E-state index contributed by atoms with van der Waals surface area (Å²) < 4.78 is 17.3. The number of nitrogens with zero attached hydrogens (tertiary/aromatic N) is 1. The smallest absolute Gasteiger partial charge is 0.413 e. The fourth-order valence-electron chi connectivity index (χ4n) is 3.10. The van der Waals surface area contributed by atoms with Crippen LogP contribution in [0.15, 0.2) is 39.9 Å². The minimum absolute atomic E-state index is 0.0292. The molecule has 0 fully saturated rings. The number of hydrogen-bond acceptors (Lipinski definition) is 10. The first-order valence-corrected chi connectivity index (χ1v) is 14.3. The van der Waals surface area contributed by atoms with E-state index < -0.39 is 23.3 Å². The highest BCUT2D eigenvalue weighted by Gasteiger charge is 2.22. The maximum atomic E-state index is 12.1. The first kappa shape index (κ1) is 28.7. The molecule has 0 spiro atoms. The van der Waals surface area contributed by atoms with Crippen LogP contribution < -0.4 is 10.1 Å². The summed E-state index contributed by atoms with van der Waals surface area (Å²) in [5.41, 5.74) is 1.11. The Kier molecular flexibility index (Phi) is 9.04. The highest BCUT2D eigenvalue weighted by molar-refractivity contribution is 8.00. The fourth-order valence-corrected chi connectivity index (χ4v) is 5.84. The molecule has 3 aromatic rings. The Balaban J connectivity index is 1.80. The highest BCUT2D eigenvalue weighted by Crippen LogP contribution is 2.41. The number of alkyl carbamates (subject to hydrolysis) is 1. The Labute approximate surface area is 229 Å². The topological polar surface area (TPSA) is 111 Å².